The molecule has 11 heavy (non-hydrogen) atoms. The Morgan fingerprint density at radius 3 is 1.64 bits per heavy atom. The maximum absolute atomic E-state index is 4.04. The Morgan fingerprint density at radius 1 is 1.00 bits per heavy atom. The first-order chi connectivity index (χ1) is 5.41. The van der Waals surface area contributed by atoms with Crippen LogP contribution in [0.4, 0.5) is 0 Å². The summed E-state index contributed by atoms with van der Waals surface area (Å²) in [5, 5.41) is 0. The van der Waals surface area contributed by atoms with Crippen LogP contribution >= 0.6 is 17.9 Å². The van der Waals surface area contributed by atoms with Crippen LogP contribution in [-0.4, -0.2) is 25.5 Å². The lowest BCUT2D eigenvalue weighted by Gasteiger charge is -1.87. The van der Waals surface area contributed by atoms with Gasteiger partial charge in [-0.25, -0.2) is 0 Å². The Kier molecular flexibility index (Phi) is 20.8. The van der Waals surface area contributed by atoms with Gasteiger partial charge in [-0.2, -0.15) is 0 Å². The number of aliphatic imine (C=N–C) groups is 2. The van der Waals surface area contributed by atoms with E-state index in [1.807, 2.05) is 26.3 Å². The van der Waals surface area contributed by atoms with Gasteiger partial charge in [0.15, 0.2) is 0 Å². The molecule has 2 unspecified atom stereocenters. The van der Waals surface area contributed by atoms with Crippen LogP contribution in [0.3, 0.4) is 0 Å². The molecule has 2 nitrogen and oxygen atoms in total. The minimum absolute atomic E-state index is 0.911. The normalized spacial score (nSPS) is 10.2. The summed E-state index contributed by atoms with van der Waals surface area (Å²) in [7, 11) is 4.67. The van der Waals surface area contributed by atoms with Crippen molar-refractivity contribution in [3.05, 3.63) is 0 Å². The molecular formula is C7H18N2P2. The highest BCUT2D eigenvalue weighted by Crippen LogP contribution is 1.86. The minimum atomic E-state index is 0.911. The van der Waals surface area contributed by atoms with E-state index in [-0.39, 0.29) is 0 Å². The Bertz CT molecular complexity index is 90.6. The molecule has 0 aromatic carbocycles. The van der Waals surface area contributed by atoms with E-state index >= 15 is 0 Å². The lowest BCUT2D eigenvalue weighted by atomic mass is 10.4. The van der Waals surface area contributed by atoms with Crippen molar-refractivity contribution in [1.82, 2.24) is 0 Å². The van der Waals surface area contributed by atoms with Crippen molar-refractivity contribution in [3.63, 3.8) is 0 Å². The van der Waals surface area contributed by atoms with Crippen LogP contribution in [0.2, 0.25) is 0 Å². The summed E-state index contributed by atoms with van der Waals surface area (Å²) in [5.41, 5.74) is 0. The standard InChI is InChI=1S/C7H14N2.H4P2/c1-3-8-6-5-7-9-4-2;1-2/h3-4H,5-7H2,1-2H3;1-2H2. The summed E-state index contributed by atoms with van der Waals surface area (Å²) >= 11 is 0. The summed E-state index contributed by atoms with van der Waals surface area (Å²) in [5.74, 6) is 0. The maximum Gasteiger partial charge on any atom is 0.0402 e. The molecule has 0 fully saturated rings. The van der Waals surface area contributed by atoms with Crippen LogP contribution in [-0.2, 0) is 0 Å². The lowest BCUT2D eigenvalue weighted by molar-refractivity contribution is 0.850. The third kappa shape index (κ3) is 17.8. The highest BCUT2D eigenvalue weighted by atomic mass is 32.0. The molecule has 4 heteroatoms. The second kappa shape index (κ2) is 16.7. The van der Waals surface area contributed by atoms with Gasteiger partial charge in [0.2, 0.25) is 0 Å². The van der Waals surface area contributed by atoms with Gasteiger partial charge in [0.05, 0.1) is 0 Å². The van der Waals surface area contributed by atoms with E-state index in [4.69, 9.17) is 0 Å². The molecule has 0 spiro atoms. The van der Waals surface area contributed by atoms with E-state index < -0.39 is 0 Å². The van der Waals surface area contributed by atoms with Crippen molar-refractivity contribution >= 4 is 30.3 Å². The molecular weight excluding hydrogens is 174 g/mol. The summed E-state index contributed by atoms with van der Waals surface area (Å²) < 4.78 is 0. The third-order valence-electron chi connectivity index (χ3n) is 0.940. The van der Waals surface area contributed by atoms with Crippen LogP contribution < -0.4 is 0 Å². The smallest absolute Gasteiger partial charge is 0.0402 e. The Hall–Kier alpha value is 0.200. The predicted molar refractivity (Wildman–Crippen MR) is 62.1 cm³/mol. The predicted octanol–water partition coefficient (Wildman–Crippen LogP) is 2.21. The molecule has 0 aliphatic heterocycles. The molecule has 0 amide bonds. The summed E-state index contributed by atoms with van der Waals surface area (Å²) in [6.07, 6.45) is 4.72. The average molecular weight is 192 g/mol. The van der Waals surface area contributed by atoms with Gasteiger partial charge in [-0.15, -0.1) is 17.9 Å². The number of rotatable bonds is 4. The number of hydrogen-bond donors (Lipinski definition) is 0. The van der Waals surface area contributed by atoms with Crippen molar-refractivity contribution in [3.8, 4) is 0 Å². The second-order valence-corrected chi connectivity index (χ2v) is 1.68. The van der Waals surface area contributed by atoms with Gasteiger partial charge in [-0.3, -0.25) is 9.98 Å². The molecule has 0 aliphatic rings. The van der Waals surface area contributed by atoms with Gasteiger partial charge >= 0.3 is 0 Å². The molecule has 0 aliphatic carbocycles. The van der Waals surface area contributed by atoms with Crippen molar-refractivity contribution in [1.29, 1.82) is 0 Å². The average Bonchev–Trinajstić information content (AvgIpc) is 2.08. The second-order valence-electron chi connectivity index (χ2n) is 1.68. The van der Waals surface area contributed by atoms with E-state index in [9.17, 15) is 0 Å². The van der Waals surface area contributed by atoms with Crippen molar-refractivity contribution < 1.29 is 0 Å². The first-order valence-corrected chi connectivity index (χ1v) is 6.30. The van der Waals surface area contributed by atoms with E-state index in [2.05, 4.69) is 27.8 Å². The van der Waals surface area contributed by atoms with Gasteiger partial charge in [0.25, 0.3) is 0 Å². The summed E-state index contributed by atoms with van der Waals surface area (Å²) in [4.78, 5) is 8.09. The van der Waals surface area contributed by atoms with Gasteiger partial charge in [0, 0.05) is 13.1 Å². The summed E-state index contributed by atoms with van der Waals surface area (Å²) in [6, 6.07) is 0. The zero-order valence-corrected chi connectivity index (χ0v) is 9.63. The zero-order valence-electron chi connectivity index (χ0n) is 7.33. The van der Waals surface area contributed by atoms with Gasteiger partial charge < -0.3 is 0 Å². The monoisotopic (exact) mass is 192 g/mol. The Labute approximate surface area is 74.3 Å². The van der Waals surface area contributed by atoms with Gasteiger partial charge in [0.1, 0.15) is 0 Å². The van der Waals surface area contributed by atoms with E-state index in [0.717, 1.165) is 19.5 Å². The first kappa shape index (κ1) is 13.8. The molecule has 0 aromatic rings. The van der Waals surface area contributed by atoms with Crippen LogP contribution in [0.25, 0.3) is 0 Å². The molecule has 0 aromatic heterocycles. The van der Waals surface area contributed by atoms with Crippen LogP contribution in [0.5, 0.6) is 0 Å². The molecule has 0 rings (SSSR count). The van der Waals surface area contributed by atoms with E-state index in [1.54, 1.807) is 0 Å². The van der Waals surface area contributed by atoms with Crippen LogP contribution in [0.15, 0.2) is 9.98 Å². The molecule has 0 saturated heterocycles. The topological polar surface area (TPSA) is 24.7 Å². The molecule has 2 atom stereocenters. The number of nitrogens with zero attached hydrogens (tertiary/aromatic N) is 2. The Balaban J connectivity index is 0. The van der Waals surface area contributed by atoms with Crippen molar-refractivity contribution in [2.45, 2.75) is 20.3 Å². The van der Waals surface area contributed by atoms with Crippen LogP contribution in [0.1, 0.15) is 20.3 Å². The highest BCUT2D eigenvalue weighted by molar-refractivity contribution is 7.92. The first-order valence-electron chi connectivity index (χ1n) is 3.64. The van der Waals surface area contributed by atoms with Gasteiger partial charge in [-0.1, -0.05) is 0 Å². The SMILES string of the molecule is CC=NCCCN=CC.PP. The lowest BCUT2D eigenvalue weighted by Crippen LogP contribution is -1.85. The maximum atomic E-state index is 4.04. The molecule has 0 heterocycles. The fourth-order valence-electron chi connectivity index (χ4n) is 0.511. The van der Waals surface area contributed by atoms with E-state index in [0.29, 0.717) is 0 Å². The third-order valence-corrected chi connectivity index (χ3v) is 0.940. The van der Waals surface area contributed by atoms with Gasteiger partial charge in [-0.05, 0) is 32.7 Å². The zero-order chi connectivity index (χ0) is 8.95. The molecule has 0 N–H and O–H groups in total. The largest absolute Gasteiger partial charge is 0.298 e. The number of hydrogen-bond acceptors (Lipinski definition) is 2. The van der Waals surface area contributed by atoms with Crippen LogP contribution in [0, 0.1) is 0 Å². The molecule has 0 saturated carbocycles. The fraction of sp³-hybridized carbons (Fsp3) is 0.714. The quantitative estimate of drug-likeness (QED) is 0.370. The molecule has 0 radical (unpaired) electrons. The highest BCUT2D eigenvalue weighted by Gasteiger charge is 1.77. The van der Waals surface area contributed by atoms with Crippen molar-refractivity contribution in [2.75, 3.05) is 13.1 Å². The van der Waals surface area contributed by atoms with Crippen molar-refractivity contribution in [2.24, 2.45) is 9.98 Å². The summed E-state index contributed by atoms with van der Waals surface area (Å²) in [6.45, 7) is 5.69. The Morgan fingerprint density at radius 2 is 1.36 bits per heavy atom. The fourth-order valence-corrected chi connectivity index (χ4v) is 0.511. The molecule has 66 valence electrons. The molecule has 0 bridgehead atoms. The minimum Gasteiger partial charge on any atom is -0.298 e. The van der Waals surface area contributed by atoms with E-state index in [1.165, 1.54) is 0 Å².